The van der Waals surface area contributed by atoms with Crippen molar-refractivity contribution in [2.45, 2.75) is 32.6 Å². The molecule has 6 rings (SSSR count). The molecule has 2 aliphatic heterocycles. The van der Waals surface area contributed by atoms with Crippen LogP contribution in [0.1, 0.15) is 29.2 Å². The number of hydrogen-bond donors (Lipinski definition) is 1. The van der Waals surface area contributed by atoms with E-state index in [9.17, 15) is 9.59 Å². The van der Waals surface area contributed by atoms with Crippen molar-refractivity contribution in [1.82, 2.24) is 0 Å². The molecule has 7 heteroatoms. The van der Waals surface area contributed by atoms with Crippen molar-refractivity contribution in [1.29, 1.82) is 0 Å². The first-order valence-corrected chi connectivity index (χ1v) is 14.0. The van der Waals surface area contributed by atoms with Crippen LogP contribution in [0.5, 0.6) is 0 Å². The highest BCUT2D eigenvalue weighted by atomic mass is 35.5. The van der Waals surface area contributed by atoms with Gasteiger partial charge in [-0.2, -0.15) is 0 Å². The molecule has 0 fully saturated rings. The van der Waals surface area contributed by atoms with Crippen LogP contribution in [0.4, 0.5) is 22.7 Å². The number of amides is 2. The Morgan fingerprint density at radius 1 is 0.690 bits per heavy atom. The third-order valence-corrected chi connectivity index (χ3v) is 7.72. The molecule has 0 saturated carbocycles. The van der Waals surface area contributed by atoms with Gasteiger partial charge in [0.05, 0.1) is 22.7 Å². The summed E-state index contributed by atoms with van der Waals surface area (Å²) >= 11 is 0. The second-order valence-corrected chi connectivity index (χ2v) is 10.4. The highest BCUT2D eigenvalue weighted by molar-refractivity contribution is 6.04. The van der Waals surface area contributed by atoms with Gasteiger partial charge in [0.15, 0.2) is 0 Å². The second-order valence-electron chi connectivity index (χ2n) is 10.4. The van der Waals surface area contributed by atoms with E-state index < -0.39 is 0 Å². The van der Waals surface area contributed by atoms with Crippen molar-refractivity contribution < 1.29 is 9.59 Å². The van der Waals surface area contributed by atoms with Crippen LogP contribution in [0.25, 0.3) is 4.85 Å². The van der Waals surface area contributed by atoms with Crippen molar-refractivity contribution in [3.63, 3.8) is 0 Å². The molecule has 4 aromatic rings. The molecule has 0 bridgehead atoms. The van der Waals surface area contributed by atoms with Crippen molar-refractivity contribution in [2.24, 2.45) is 11.7 Å². The standard InChI is InChI=1S/C18H20N2O.C17H14N2O.ClH/c1-13(12-19)18(21)20-16-8-4-2-6-14(16)10-11-15-7-3-5-9-17(15)20;1-18-12-17(20)19-15-8-4-2-6-13(15)10-11-14-7-3-5-9-16(14)19;/h2-9,13H,10-12,19H2,1H3;2-9H,10-12H2;1H. The zero-order valence-electron chi connectivity index (χ0n) is 23.7. The molecule has 4 aromatic carbocycles. The monoisotopic (exact) mass is 578 g/mol. The number of halogens is 1. The number of aryl methyl sites for hydroxylation is 4. The van der Waals surface area contributed by atoms with Gasteiger partial charge in [-0.15, -0.1) is 12.4 Å². The maximum Gasteiger partial charge on any atom is 0.311 e. The van der Waals surface area contributed by atoms with Crippen LogP contribution in [0, 0.1) is 12.5 Å². The van der Waals surface area contributed by atoms with Crippen molar-refractivity contribution >= 4 is 47.0 Å². The molecule has 2 heterocycles. The summed E-state index contributed by atoms with van der Waals surface area (Å²) in [6.07, 6.45) is 3.73. The van der Waals surface area contributed by atoms with Crippen LogP contribution in [-0.2, 0) is 35.3 Å². The van der Waals surface area contributed by atoms with E-state index in [1.54, 1.807) is 4.90 Å². The molecule has 6 nitrogen and oxygen atoms in total. The van der Waals surface area contributed by atoms with Crippen LogP contribution >= 0.6 is 12.4 Å². The lowest BCUT2D eigenvalue weighted by Gasteiger charge is -2.27. The fraction of sp³-hybridized carbons (Fsp3) is 0.229. The quantitative estimate of drug-likeness (QED) is 0.271. The molecule has 214 valence electrons. The van der Waals surface area contributed by atoms with Gasteiger partial charge >= 0.3 is 5.91 Å². The van der Waals surface area contributed by atoms with Crippen molar-refractivity contribution in [3.8, 4) is 0 Å². The molecule has 2 aliphatic rings. The van der Waals surface area contributed by atoms with Gasteiger partial charge in [-0.25, -0.2) is 6.57 Å². The summed E-state index contributed by atoms with van der Waals surface area (Å²) in [5.74, 6) is -0.287. The summed E-state index contributed by atoms with van der Waals surface area (Å²) in [5.41, 5.74) is 14.3. The predicted molar refractivity (Wildman–Crippen MR) is 172 cm³/mol. The van der Waals surface area contributed by atoms with Gasteiger partial charge in [-0.05, 0) is 72.2 Å². The lowest BCUT2D eigenvalue weighted by molar-refractivity contribution is -0.121. The van der Waals surface area contributed by atoms with E-state index in [4.69, 9.17) is 12.3 Å². The van der Waals surface area contributed by atoms with Crippen molar-refractivity contribution in [3.05, 3.63) is 131 Å². The van der Waals surface area contributed by atoms with E-state index in [1.807, 2.05) is 84.6 Å². The molecule has 2 N–H and O–H groups in total. The third-order valence-electron chi connectivity index (χ3n) is 7.72. The van der Waals surface area contributed by atoms with E-state index in [-0.39, 0.29) is 36.7 Å². The van der Waals surface area contributed by atoms with Crippen LogP contribution < -0.4 is 15.5 Å². The van der Waals surface area contributed by atoms with E-state index in [2.05, 4.69) is 29.1 Å². The number of hydrogen-bond acceptors (Lipinski definition) is 3. The number of para-hydroxylation sites is 4. The average Bonchev–Trinajstić information content (AvgIpc) is 3.29. The maximum atomic E-state index is 12.9. The maximum absolute atomic E-state index is 12.9. The van der Waals surface area contributed by atoms with E-state index in [0.717, 1.165) is 59.6 Å². The smallest absolute Gasteiger partial charge is 0.311 e. The van der Waals surface area contributed by atoms with Gasteiger partial charge in [-0.3, -0.25) is 19.4 Å². The summed E-state index contributed by atoms with van der Waals surface area (Å²) in [5, 5.41) is 0. The molecule has 0 saturated heterocycles. The Balaban J connectivity index is 0.000000189. The number of carbonyl (C=O) groups is 2. The Labute approximate surface area is 254 Å². The lowest BCUT2D eigenvalue weighted by atomic mass is 10.0. The number of carbonyl (C=O) groups excluding carboxylic acids is 2. The van der Waals surface area contributed by atoms with Gasteiger partial charge < -0.3 is 10.6 Å². The van der Waals surface area contributed by atoms with E-state index in [0.29, 0.717) is 6.54 Å². The Hall–Kier alpha value is -4.44. The van der Waals surface area contributed by atoms with Crippen LogP contribution in [0.3, 0.4) is 0 Å². The summed E-state index contributed by atoms with van der Waals surface area (Å²) in [4.78, 5) is 32.0. The molecule has 0 radical (unpaired) electrons. The molecular formula is C35H35ClN4O2. The van der Waals surface area contributed by atoms with Crippen LogP contribution in [0.2, 0.25) is 0 Å². The van der Waals surface area contributed by atoms with Crippen molar-refractivity contribution in [2.75, 3.05) is 22.9 Å². The number of nitrogens with zero attached hydrogens (tertiary/aromatic N) is 3. The topological polar surface area (TPSA) is 71.0 Å². The fourth-order valence-electron chi connectivity index (χ4n) is 5.53. The summed E-state index contributed by atoms with van der Waals surface area (Å²) in [6, 6.07) is 32.2. The second kappa shape index (κ2) is 14.0. The highest BCUT2D eigenvalue weighted by Gasteiger charge is 2.28. The lowest BCUT2D eigenvalue weighted by Crippen LogP contribution is -2.35. The van der Waals surface area contributed by atoms with Gasteiger partial charge in [0, 0.05) is 12.5 Å². The summed E-state index contributed by atoms with van der Waals surface area (Å²) < 4.78 is 0. The highest BCUT2D eigenvalue weighted by Crippen LogP contribution is 2.37. The predicted octanol–water partition coefficient (Wildman–Crippen LogP) is 6.84. The van der Waals surface area contributed by atoms with Gasteiger partial charge in [-0.1, -0.05) is 79.7 Å². The Kier molecular flexibility index (Phi) is 10.1. The van der Waals surface area contributed by atoms with Gasteiger partial charge in [0.2, 0.25) is 5.91 Å². The van der Waals surface area contributed by atoms with E-state index >= 15 is 0 Å². The summed E-state index contributed by atoms with van der Waals surface area (Å²) in [7, 11) is 0. The minimum Gasteiger partial charge on any atom is -0.330 e. The normalized spacial score (nSPS) is 13.5. The molecule has 1 unspecified atom stereocenters. The molecule has 0 spiro atoms. The first-order chi connectivity index (χ1) is 20.0. The zero-order chi connectivity index (χ0) is 28.8. The minimum atomic E-state index is -0.191. The molecule has 42 heavy (non-hydrogen) atoms. The molecular weight excluding hydrogens is 544 g/mol. The number of nitrogens with two attached hydrogens (primary N) is 1. The number of rotatable bonds is 3. The molecule has 0 aliphatic carbocycles. The first kappa shape index (κ1) is 30.5. The Morgan fingerprint density at radius 3 is 1.36 bits per heavy atom. The fourth-order valence-corrected chi connectivity index (χ4v) is 5.53. The number of benzene rings is 4. The average molecular weight is 579 g/mol. The zero-order valence-corrected chi connectivity index (χ0v) is 24.5. The Bertz CT molecular complexity index is 1520. The number of fused-ring (bicyclic) bond motifs is 4. The van der Waals surface area contributed by atoms with Crippen LogP contribution in [0.15, 0.2) is 97.1 Å². The first-order valence-electron chi connectivity index (χ1n) is 14.0. The van der Waals surface area contributed by atoms with Crippen LogP contribution in [-0.4, -0.2) is 24.9 Å². The largest absolute Gasteiger partial charge is 0.330 e. The Morgan fingerprint density at radius 2 is 1.02 bits per heavy atom. The SMILES string of the molecule is CC(CN)C(=O)N1c2ccccc2CCc2ccccc21.Cl.[C-]#[N+]CC(=O)N1c2ccccc2CCc2ccccc21. The third kappa shape index (κ3) is 6.23. The van der Waals surface area contributed by atoms with Gasteiger partial charge in [0.1, 0.15) is 0 Å². The minimum absolute atomic E-state index is 0. The summed E-state index contributed by atoms with van der Waals surface area (Å²) in [6.45, 7) is 9.08. The molecule has 1 atom stereocenters. The van der Waals surface area contributed by atoms with Gasteiger partial charge in [0.25, 0.3) is 6.54 Å². The number of anilines is 4. The molecule has 2 amide bonds. The van der Waals surface area contributed by atoms with E-state index in [1.165, 1.54) is 11.1 Å². The molecule has 0 aromatic heterocycles.